The number of thiazole rings is 1. The van der Waals surface area contributed by atoms with Crippen LogP contribution in [0.1, 0.15) is 34.0 Å². The first-order valence-electron chi connectivity index (χ1n) is 4.95. The molecule has 0 aliphatic heterocycles. The Labute approximate surface area is 101 Å². The van der Waals surface area contributed by atoms with Crippen LogP contribution in [0.5, 0.6) is 0 Å². The molecule has 2 aromatic rings. The highest BCUT2D eigenvalue weighted by atomic mass is 32.1. The van der Waals surface area contributed by atoms with E-state index in [0.29, 0.717) is 5.01 Å². The van der Waals surface area contributed by atoms with E-state index in [1.807, 2.05) is 0 Å². The van der Waals surface area contributed by atoms with Crippen LogP contribution < -0.4 is 5.73 Å². The highest BCUT2D eigenvalue weighted by molar-refractivity contribution is 7.09. The zero-order chi connectivity index (χ0) is 12.4. The topological polar surface area (TPSA) is 68.9 Å². The summed E-state index contributed by atoms with van der Waals surface area (Å²) < 4.78 is 13.4. The minimum absolute atomic E-state index is 0.0264. The molecule has 0 aliphatic rings. The minimum atomic E-state index is -0.646. The van der Waals surface area contributed by atoms with Gasteiger partial charge in [0.2, 0.25) is 5.78 Å². The quantitative estimate of drug-likeness (QED) is 0.846. The summed E-state index contributed by atoms with van der Waals surface area (Å²) in [5, 5.41) is 2.24. The lowest BCUT2D eigenvalue weighted by Gasteiger charge is -1.99. The third kappa shape index (κ3) is 2.37. The molecule has 0 radical (unpaired) electrons. The minimum Gasteiger partial charge on any atom is -0.322 e. The summed E-state index contributed by atoms with van der Waals surface area (Å²) in [6.07, 6.45) is 2.38. The van der Waals surface area contributed by atoms with Crippen molar-refractivity contribution in [3.63, 3.8) is 0 Å². The summed E-state index contributed by atoms with van der Waals surface area (Å²) in [6, 6.07) is 1.10. The Morgan fingerprint density at radius 1 is 1.59 bits per heavy atom. The van der Waals surface area contributed by atoms with Crippen molar-refractivity contribution in [3.8, 4) is 0 Å². The van der Waals surface area contributed by atoms with Gasteiger partial charge in [-0.15, -0.1) is 11.3 Å². The van der Waals surface area contributed by atoms with E-state index in [2.05, 4.69) is 9.97 Å². The van der Waals surface area contributed by atoms with Crippen LogP contribution in [0.3, 0.4) is 0 Å². The number of carbonyl (C=O) groups is 1. The number of halogens is 1. The van der Waals surface area contributed by atoms with E-state index in [9.17, 15) is 9.18 Å². The van der Waals surface area contributed by atoms with E-state index in [-0.39, 0.29) is 17.3 Å². The van der Waals surface area contributed by atoms with E-state index in [4.69, 9.17) is 5.73 Å². The van der Waals surface area contributed by atoms with Gasteiger partial charge < -0.3 is 5.73 Å². The first-order chi connectivity index (χ1) is 8.09. The number of nitrogens with zero attached hydrogens (tertiary/aromatic N) is 2. The highest BCUT2D eigenvalue weighted by Gasteiger charge is 2.17. The lowest BCUT2D eigenvalue weighted by Crippen LogP contribution is -2.08. The maximum absolute atomic E-state index is 13.4. The first kappa shape index (κ1) is 11.8. The van der Waals surface area contributed by atoms with Gasteiger partial charge in [-0.25, -0.2) is 9.37 Å². The molecule has 0 bridgehead atoms. The molecular formula is C11H10FN3OS. The van der Waals surface area contributed by atoms with E-state index in [1.54, 1.807) is 12.3 Å². The normalized spacial score (nSPS) is 12.4. The van der Waals surface area contributed by atoms with Crippen molar-refractivity contribution >= 4 is 17.1 Å². The monoisotopic (exact) mass is 251 g/mol. The van der Waals surface area contributed by atoms with E-state index in [0.717, 1.165) is 6.20 Å². The van der Waals surface area contributed by atoms with Gasteiger partial charge in [0.15, 0.2) is 5.82 Å². The molecule has 6 heteroatoms. The predicted molar refractivity (Wildman–Crippen MR) is 62.3 cm³/mol. The molecule has 4 nitrogen and oxygen atoms in total. The summed E-state index contributed by atoms with van der Waals surface area (Å²) in [5.41, 5.74) is 5.84. The lowest BCUT2D eigenvalue weighted by atomic mass is 10.1. The van der Waals surface area contributed by atoms with Crippen LogP contribution in [0.25, 0.3) is 0 Å². The molecule has 0 saturated heterocycles. The molecular weight excluding hydrogens is 241 g/mol. The van der Waals surface area contributed by atoms with Gasteiger partial charge in [-0.05, 0) is 13.0 Å². The Morgan fingerprint density at radius 2 is 2.35 bits per heavy atom. The molecule has 0 fully saturated rings. The average Bonchev–Trinajstić information content (AvgIpc) is 2.78. The third-order valence-corrected chi connectivity index (χ3v) is 3.21. The van der Waals surface area contributed by atoms with Gasteiger partial charge in [-0.3, -0.25) is 9.78 Å². The summed E-state index contributed by atoms with van der Waals surface area (Å²) in [7, 11) is 0. The molecule has 0 saturated carbocycles. The van der Waals surface area contributed by atoms with Crippen molar-refractivity contribution in [1.82, 2.24) is 9.97 Å². The lowest BCUT2D eigenvalue weighted by molar-refractivity contribution is 0.103. The summed E-state index contributed by atoms with van der Waals surface area (Å²) in [6.45, 7) is 1.78. The standard InChI is InChI=1S/C11H10FN3OS/c1-6(13)11-15-9(5-17-11)10(16)7-2-3-14-4-8(7)12/h2-6H,13H2,1H3. The van der Waals surface area contributed by atoms with Crippen molar-refractivity contribution in [2.45, 2.75) is 13.0 Å². The molecule has 88 valence electrons. The van der Waals surface area contributed by atoms with Gasteiger partial charge in [-0.2, -0.15) is 0 Å². The largest absolute Gasteiger partial charge is 0.322 e. The second-order valence-corrected chi connectivity index (χ2v) is 4.43. The van der Waals surface area contributed by atoms with Crippen LogP contribution in [0, 0.1) is 5.82 Å². The highest BCUT2D eigenvalue weighted by Crippen LogP contribution is 2.19. The summed E-state index contributed by atoms with van der Waals surface area (Å²) >= 11 is 1.29. The maximum Gasteiger partial charge on any atom is 0.215 e. The fraction of sp³-hybridized carbons (Fsp3) is 0.182. The molecule has 0 aliphatic carbocycles. The molecule has 1 atom stereocenters. The van der Waals surface area contributed by atoms with E-state index < -0.39 is 11.6 Å². The van der Waals surface area contributed by atoms with Gasteiger partial charge in [0, 0.05) is 11.6 Å². The van der Waals surface area contributed by atoms with Crippen LogP contribution in [-0.2, 0) is 0 Å². The van der Waals surface area contributed by atoms with Crippen LogP contribution in [0.4, 0.5) is 4.39 Å². The van der Waals surface area contributed by atoms with Gasteiger partial charge in [0.05, 0.1) is 17.8 Å². The molecule has 0 amide bonds. The number of hydrogen-bond acceptors (Lipinski definition) is 5. The van der Waals surface area contributed by atoms with Gasteiger partial charge in [-0.1, -0.05) is 0 Å². The summed E-state index contributed by atoms with van der Waals surface area (Å²) in [4.78, 5) is 19.6. The summed E-state index contributed by atoms with van der Waals surface area (Å²) in [5.74, 6) is -1.10. The van der Waals surface area contributed by atoms with Gasteiger partial charge in [0.1, 0.15) is 10.7 Å². The van der Waals surface area contributed by atoms with Crippen molar-refractivity contribution < 1.29 is 9.18 Å². The molecule has 2 rings (SSSR count). The van der Waals surface area contributed by atoms with Crippen molar-refractivity contribution in [1.29, 1.82) is 0 Å². The van der Waals surface area contributed by atoms with E-state index >= 15 is 0 Å². The molecule has 0 spiro atoms. The van der Waals surface area contributed by atoms with Crippen molar-refractivity contribution in [3.05, 3.63) is 45.9 Å². The van der Waals surface area contributed by atoms with Crippen LogP contribution in [0.2, 0.25) is 0 Å². The van der Waals surface area contributed by atoms with Crippen LogP contribution >= 0.6 is 11.3 Å². The molecule has 17 heavy (non-hydrogen) atoms. The Morgan fingerprint density at radius 3 is 2.94 bits per heavy atom. The molecule has 0 aromatic carbocycles. The molecule has 2 N–H and O–H groups in total. The predicted octanol–water partition coefficient (Wildman–Crippen LogP) is 1.93. The Balaban J connectivity index is 2.34. The van der Waals surface area contributed by atoms with Crippen molar-refractivity contribution in [2.24, 2.45) is 5.73 Å². The number of hydrogen-bond donors (Lipinski definition) is 1. The average molecular weight is 251 g/mol. The van der Waals surface area contributed by atoms with Gasteiger partial charge >= 0.3 is 0 Å². The SMILES string of the molecule is CC(N)c1nc(C(=O)c2ccncc2F)cs1. The third-order valence-electron chi connectivity index (χ3n) is 2.16. The maximum atomic E-state index is 13.4. The number of pyridine rings is 1. The molecule has 2 aromatic heterocycles. The number of rotatable bonds is 3. The van der Waals surface area contributed by atoms with Crippen LogP contribution in [0.15, 0.2) is 23.8 Å². The Kier molecular flexibility index (Phi) is 3.26. The second kappa shape index (κ2) is 4.68. The number of ketones is 1. The Bertz CT molecular complexity index is 553. The van der Waals surface area contributed by atoms with Crippen LogP contribution in [-0.4, -0.2) is 15.8 Å². The zero-order valence-corrected chi connectivity index (χ0v) is 9.87. The fourth-order valence-corrected chi connectivity index (χ4v) is 2.06. The van der Waals surface area contributed by atoms with Crippen molar-refractivity contribution in [2.75, 3.05) is 0 Å². The first-order valence-corrected chi connectivity index (χ1v) is 5.82. The molecule has 1 unspecified atom stereocenters. The van der Waals surface area contributed by atoms with E-state index in [1.165, 1.54) is 23.6 Å². The van der Waals surface area contributed by atoms with Gasteiger partial charge in [0.25, 0.3) is 0 Å². The fourth-order valence-electron chi connectivity index (χ4n) is 1.30. The zero-order valence-electron chi connectivity index (χ0n) is 9.05. The Hall–Kier alpha value is -1.66. The number of nitrogens with two attached hydrogens (primary N) is 1. The second-order valence-electron chi connectivity index (χ2n) is 3.54. The number of aromatic nitrogens is 2. The smallest absolute Gasteiger partial charge is 0.215 e. The molecule has 2 heterocycles. The number of carbonyl (C=O) groups excluding carboxylic acids is 1.